The van der Waals surface area contributed by atoms with E-state index >= 15 is 0 Å². The van der Waals surface area contributed by atoms with E-state index < -0.39 is 9.84 Å². The Labute approximate surface area is 156 Å². The number of sulfone groups is 1. The van der Waals surface area contributed by atoms with Crippen LogP contribution < -0.4 is 5.32 Å². The average Bonchev–Trinajstić information content (AvgIpc) is 3.13. The van der Waals surface area contributed by atoms with Crippen LogP contribution in [0.25, 0.3) is 0 Å². The summed E-state index contributed by atoms with van der Waals surface area (Å²) >= 11 is 0. The molecule has 3 rings (SSSR count). The van der Waals surface area contributed by atoms with Gasteiger partial charge in [0.25, 0.3) is 0 Å². The van der Waals surface area contributed by atoms with Crippen LogP contribution in [0.15, 0.2) is 64.3 Å². The second kappa shape index (κ2) is 8.54. The van der Waals surface area contributed by atoms with E-state index in [-0.39, 0.29) is 41.1 Å². The van der Waals surface area contributed by atoms with Crippen molar-refractivity contribution >= 4 is 15.7 Å². The Morgan fingerprint density at radius 1 is 1.11 bits per heavy atom. The molecule has 0 radical (unpaired) electrons. The number of aryl methyl sites for hydroxylation is 1. The molecule has 0 unspecified atom stereocenters. The topological polar surface area (TPSA) is 115 Å². The van der Waals surface area contributed by atoms with Crippen LogP contribution in [-0.2, 0) is 33.4 Å². The van der Waals surface area contributed by atoms with Gasteiger partial charge in [-0.2, -0.15) is 4.98 Å². The first-order valence-electron chi connectivity index (χ1n) is 8.28. The number of hydrogen-bond acceptors (Lipinski definition) is 7. The lowest BCUT2D eigenvalue weighted by Gasteiger charge is -2.03. The minimum Gasteiger partial charge on any atom is -0.352 e. The number of amides is 1. The first-order chi connectivity index (χ1) is 13.0. The monoisotopic (exact) mass is 386 g/mol. The second-order valence-corrected chi connectivity index (χ2v) is 7.80. The minimum atomic E-state index is -3.54. The number of rotatable bonds is 8. The van der Waals surface area contributed by atoms with Gasteiger partial charge in [-0.15, -0.1) is 0 Å². The maximum atomic E-state index is 12.3. The van der Waals surface area contributed by atoms with Crippen molar-refractivity contribution < 1.29 is 17.7 Å². The van der Waals surface area contributed by atoms with E-state index in [1.165, 1.54) is 12.1 Å². The number of aromatic nitrogens is 3. The molecule has 2 aromatic heterocycles. The van der Waals surface area contributed by atoms with Crippen LogP contribution in [0.2, 0.25) is 0 Å². The Morgan fingerprint density at radius 3 is 2.67 bits per heavy atom. The fourth-order valence-electron chi connectivity index (χ4n) is 2.34. The van der Waals surface area contributed by atoms with Gasteiger partial charge in [-0.1, -0.05) is 29.4 Å². The molecule has 140 valence electrons. The van der Waals surface area contributed by atoms with Crippen molar-refractivity contribution in [2.24, 2.45) is 0 Å². The highest BCUT2D eigenvalue weighted by Gasteiger charge is 2.19. The summed E-state index contributed by atoms with van der Waals surface area (Å²) in [5.41, 5.74) is 0.900. The summed E-state index contributed by atoms with van der Waals surface area (Å²) in [6.45, 7) is 0.386. The van der Waals surface area contributed by atoms with Crippen LogP contribution in [0.5, 0.6) is 0 Å². The third-order valence-electron chi connectivity index (χ3n) is 3.71. The fraction of sp³-hybridized carbons (Fsp3) is 0.222. The Balaban J connectivity index is 1.50. The van der Waals surface area contributed by atoms with E-state index in [1.54, 1.807) is 36.7 Å². The van der Waals surface area contributed by atoms with Gasteiger partial charge in [0.2, 0.25) is 11.8 Å². The molecule has 0 aliphatic heterocycles. The summed E-state index contributed by atoms with van der Waals surface area (Å²) < 4.78 is 29.7. The smallest absolute Gasteiger partial charge is 0.227 e. The van der Waals surface area contributed by atoms with Gasteiger partial charge in [0.1, 0.15) is 5.75 Å². The van der Waals surface area contributed by atoms with Crippen LogP contribution in [0.1, 0.15) is 23.7 Å². The van der Waals surface area contributed by atoms with Crippen LogP contribution >= 0.6 is 0 Å². The molecule has 0 saturated heterocycles. The largest absolute Gasteiger partial charge is 0.352 e. The van der Waals surface area contributed by atoms with Gasteiger partial charge in [0, 0.05) is 31.8 Å². The van der Waals surface area contributed by atoms with Crippen molar-refractivity contribution in [3.63, 3.8) is 0 Å². The van der Waals surface area contributed by atoms with Gasteiger partial charge >= 0.3 is 0 Å². The van der Waals surface area contributed by atoms with Gasteiger partial charge in [-0.25, -0.2) is 8.42 Å². The minimum absolute atomic E-state index is 0.0737. The molecule has 1 N–H and O–H groups in total. The van der Waals surface area contributed by atoms with Crippen molar-refractivity contribution in [2.75, 3.05) is 0 Å². The number of hydrogen-bond donors (Lipinski definition) is 1. The first-order valence-corrected chi connectivity index (χ1v) is 9.93. The third-order valence-corrected chi connectivity index (χ3v) is 5.34. The summed E-state index contributed by atoms with van der Waals surface area (Å²) in [7, 11) is -3.54. The second-order valence-electron chi connectivity index (χ2n) is 5.81. The van der Waals surface area contributed by atoms with E-state index in [0.717, 1.165) is 5.56 Å². The van der Waals surface area contributed by atoms with Crippen molar-refractivity contribution in [1.82, 2.24) is 20.4 Å². The standard InChI is InChI=1S/C18H18N4O4S/c23-17(20-12-14-5-4-10-19-11-14)8-9-18-21-16(22-26-18)13-27(24,25)15-6-2-1-3-7-15/h1-7,10-11H,8-9,12-13H2,(H,20,23). The predicted molar refractivity (Wildman–Crippen MR) is 96.0 cm³/mol. The zero-order valence-corrected chi connectivity index (χ0v) is 15.2. The lowest BCUT2D eigenvalue weighted by molar-refractivity contribution is -0.121. The number of nitrogens with one attached hydrogen (secondary N) is 1. The maximum absolute atomic E-state index is 12.3. The molecule has 27 heavy (non-hydrogen) atoms. The van der Waals surface area contributed by atoms with Gasteiger partial charge < -0.3 is 9.84 Å². The van der Waals surface area contributed by atoms with Gasteiger partial charge in [-0.05, 0) is 23.8 Å². The molecule has 0 bridgehead atoms. The SMILES string of the molecule is O=C(CCc1nc(CS(=O)(=O)c2ccccc2)no1)NCc1cccnc1. The summed E-state index contributed by atoms with van der Waals surface area (Å²) in [5.74, 6) is -0.224. The lowest BCUT2D eigenvalue weighted by Crippen LogP contribution is -2.23. The van der Waals surface area contributed by atoms with Crippen LogP contribution in [0.4, 0.5) is 0 Å². The molecule has 0 atom stereocenters. The molecule has 0 fully saturated rings. The van der Waals surface area contributed by atoms with Crippen molar-refractivity contribution in [2.45, 2.75) is 30.0 Å². The van der Waals surface area contributed by atoms with E-state index in [0.29, 0.717) is 6.54 Å². The summed E-state index contributed by atoms with van der Waals surface area (Å²) in [5, 5.41) is 6.46. The van der Waals surface area contributed by atoms with Crippen molar-refractivity contribution in [3.8, 4) is 0 Å². The van der Waals surface area contributed by atoms with E-state index in [4.69, 9.17) is 4.52 Å². The van der Waals surface area contributed by atoms with Crippen molar-refractivity contribution in [1.29, 1.82) is 0 Å². The van der Waals surface area contributed by atoms with Gasteiger partial charge in [0.05, 0.1) is 4.90 Å². The number of carbonyl (C=O) groups is 1. The molecule has 0 aliphatic carbocycles. The van der Waals surface area contributed by atoms with E-state index in [2.05, 4.69) is 20.4 Å². The molecule has 1 aromatic carbocycles. The van der Waals surface area contributed by atoms with E-state index in [9.17, 15) is 13.2 Å². The molecule has 9 heteroatoms. The summed E-state index contributed by atoms with van der Waals surface area (Å²) in [6.07, 6.45) is 3.73. The van der Waals surface area contributed by atoms with Gasteiger partial charge in [0.15, 0.2) is 15.7 Å². The van der Waals surface area contributed by atoms with Crippen LogP contribution in [-0.4, -0.2) is 29.4 Å². The molecular weight excluding hydrogens is 368 g/mol. The number of pyridine rings is 1. The zero-order chi connectivity index (χ0) is 19.1. The molecule has 8 nitrogen and oxygen atoms in total. The predicted octanol–water partition coefficient (Wildman–Crippen LogP) is 1.69. The average molecular weight is 386 g/mol. The fourth-order valence-corrected chi connectivity index (χ4v) is 3.54. The number of nitrogens with zero attached hydrogens (tertiary/aromatic N) is 3. The lowest BCUT2D eigenvalue weighted by atomic mass is 10.2. The first kappa shape index (κ1) is 18.7. The number of carbonyl (C=O) groups excluding carboxylic acids is 1. The maximum Gasteiger partial charge on any atom is 0.227 e. The molecule has 0 saturated carbocycles. The summed E-state index contributed by atoms with van der Waals surface area (Å²) in [4.78, 5) is 20.1. The van der Waals surface area contributed by atoms with Crippen LogP contribution in [0, 0.1) is 0 Å². The normalized spacial score (nSPS) is 11.3. The molecular formula is C18H18N4O4S. The Kier molecular flexibility index (Phi) is 5.92. The highest BCUT2D eigenvalue weighted by Crippen LogP contribution is 2.14. The quantitative estimate of drug-likeness (QED) is 0.626. The van der Waals surface area contributed by atoms with Crippen LogP contribution in [0.3, 0.4) is 0 Å². The molecule has 3 aromatic rings. The Bertz CT molecular complexity index is 988. The highest BCUT2D eigenvalue weighted by molar-refractivity contribution is 7.90. The number of benzene rings is 1. The highest BCUT2D eigenvalue weighted by atomic mass is 32.2. The third kappa shape index (κ3) is 5.45. The molecule has 2 heterocycles. The Hall–Kier alpha value is -3.07. The summed E-state index contributed by atoms with van der Waals surface area (Å²) in [6, 6.07) is 11.7. The van der Waals surface area contributed by atoms with E-state index in [1.807, 2.05) is 6.07 Å². The molecule has 0 spiro atoms. The molecule has 1 amide bonds. The van der Waals surface area contributed by atoms with Crippen molar-refractivity contribution in [3.05, 3.63) is 72.1 Å². The Morgan fingerprint density at radius 2 is 1.93 bits per heavy atom. The van der Waals surface area contributed by atoms with Gasteiger partial charge in [-0.3, -0.25) is 9.78 Å². The zero-order valence-electron chi connectivity index (χ0n) is 14.4. The molecule has 0 aliphatic rings.